The van der Waals surface area contributed by atoms with Crippen LogP contribution in [0.3, 0.4) is 0 Å². The monoisotopic (exact) mass is 298 g/mol. The lowest BCUT2D eigenvalue weighted by Gasteiger charge is -2.29. The average molecular weight is 299 g/mol. The Morgan fingerprint density at radius 3 is 2.47 bits per heavy atom. The van der Waals surface area contributed by atoms with Gasteiger partial charge < -0.3 is 4.90 Å². The third-order valence-corrected chi connectivity index (χ3v) is 5.36. The average Bonchev–Trinajstić information content (AvgIpc) is 2.18. The Balaban J connectivity index is 2.31. The van der Waals surface area contributed by atoms with E-state index in [1.807, 2.05) is 6.92 Å². The first kappa shape index (κ1) is 13.4. The summed E-state index contributed by atoms with van der Waals surface area (Å²) in [6.07, 6.45) is 3.77. The molecule has 1 rings (SSSR count). The number of nitrogens with one attached hydrogen (secondary N) is 1. The number of alkyl halides is 1. The zero-order valence-electron chi connectivity index (χ0n) is 9.08. The van der Waals surface area contributed by atoms with Crippen LogP contribution in [-0.4, -0.2) is 43.7 Å². The molecule has 0 aromatic heterocycles. The van der Waals surface area contributed by atoms with Crippen LogP contribution in [0.25, 0.3) is 0 Å². The normalized spacial score (nSPS) is 21.5. The Hall–Kier alpha value is 0.350. The number of hydrogen-bond donors (Lipinski definition) is 1. The SMILES string of the molecule is CC(CN1CCCCC1)NS(=O)(=O)CBr. The summed E-state index contributed by atoms with van der Waals surface area (Å²) in [5.41, 5.74) is 0. The number of nitrogens with zero attached hydrogens (tertiary/aromatic N) is 1. The quantitative estimate of drug-likeness (QED) is 0.774. The first-order chi connectivity index (χ1) is 7.03. The molecule has 1 saturated heterocycles. The molecule has 15 heavy (non-hydrogen) atoms. The van der Waals surface area contributed by atoms with Crippen molar-refractivity contribution in [1.82, 2.24) is 9.62 Å². The number of rotatable bonds is 5. The zero-order valence-corrected chi connectivity index (χ0v) is 11.5. The van der Waals surface area contributed by atoms with Crippen LogP contribution in [0, 0.1) is 0 Å². The lowest BCUT2D eigenvalue weighted by molar-refractivity contribution is 0.215. The minimum atomic E-state index is -3.13. The lowest BCUT2D eigenvalue weighted by atomic mass is 10.1. The maximum absolute atomic E-state index is 11.3. The van der Waals surface area contributed by atoms with E-state index in [9.17, 15) is 8.42 Å². The highest BCUT2D eigenvalue weighted by molar-refractivity contribution is 9.10. The topological polar surface area (TPSA) is 49.4 Å². The molecular weight excluding hydrogens is 280 g/mol. The van der Waals surface area contributed by atoms with Crippen LogP contribution in [0.15, 0.2) is 0 Å². The summed E-state index contributed by atoms with van der Waals surface area (Å²) in [5, 5.41) is 0. The molecule has 90 valence electrons. The van der Waals surface area contributed by atoms with E-state index in [2.05, 4.69) is 25.6 Å². The summed E-state index contributed by atoms with van der Waals surface area (Å²) in [5.74, 6) is 0. The number of halogens is 1. The number of hydrogen-bond acceptors (Lipinski definition) is 3. The van der Waals surface area contributed by atoms with E-state index in [0.717, 1.165) is 19.6 Å². The van der Waals surface area contributed by atoms with E-state index in [-0.39, 0.29) is 10.7 Å². The maximum Gasteiger partial charge on any atom is 0.221 e. The molecule has 0 aliphatic carbocycles. The molecule has 0 radical (unpaired) electrons. The number of likely N-dealkylation sites (tertiary alicyclic amines) is 1. The second kappa shape index (κ2) is 6.18. The molecule has 0 aromatic rings. The summed E-state index contributed by atoms with van der Waals surface area (Å²) in [4.78, 5) is 2.32. The Morgan fingerprint density at radius 1 is 1.33 bits per heavy atom. The standard InChI is InChI=1S/C9H19BrN2O2S/c1-9(11-15(13,14)8-10)7-12-5-3-2-4-6-12/h9,11H,2-8H2,1H3. The molecular formula is C9H19BrN2O2S. The van der Waals surface area contributed by atoms with Gasteiger partial charge in [-0.2, -0.15) is 0 Å². The highest BCUT2D eigenvalue weighted by atomic mass is 79.9. The molecule has 0 bridgehead atoms. The molecule has 0 saturated carbocycles. The van der Waals surface area contributed by atoms with Gasteiger partial charge in [-0.15, -0.1) is 0 Å². The molecule has 4 nitrogen and oxygen atoms in total. The summed E-state index contributed by atoms with van der Waals surface area (Å²) >= 11 is 2.96. The van der Waals surface area contributed by atoms with E-state index in [4.69, 9.17) is 0 Å². The van der Waals surface area contributed by atoms with Crippen molar-refractivity contribution in [3.05, 3.63) is 0 Å². The molecule has 1 unspecified atom stereocenters. The van der Waals surface area contributed by atoms with Gasteiger partial charge in [-0.05, 0) is 32.9 Å². The van der Waals surface area contributed by atoms with Crippen molar-refractivity contribution in [2.75, 3.05) is 24.3 Å². The Bertz CT molecular complexity index is 276. The zero-order chi connectivity index (χ0) is 11.3. The molecule has 0 amide bonds. The highest BCUT2D eigenvalue weighted by Gasteiger charge is 2.17. The van der Waals surface area contributed by atoms with Crippen molar-refractivity contribution < 1.29 is 8.42 Å². The number of piperidine rings is 1. The van der Waals surface area contributed by atoms with Gasteiger partial charge in [0, 0.05) is 12.6 Å². The van der Waals surface area contributed by atoms with Gasteiger partial charge in [0.15, 0.2) is 0 Å². The Morgan fingerprint density at radius 2 is 1.93 bits per heavy atom. The second-order valence-corrected chi connectivity index (χ2v) is 7.16. The highest BCUT2D eigenvalue weighted by Crippen LogP contribution is 2.09. The summed E-state index contributed by atoms with van der Waals surface area (Å²) in [6.45, 7) is 4.92. The molecule has 1 aliphatic rings. The molecule has 0 spiro atoms. The van der Waals surface area contributed by atoms with Crippen molar-refractivity contribution >= 4 is 26.0 Å². The smallest absolute Gasteiger partial charge is 0.221 e. The van der Waals surface area contributed by atoms with E-state index < -0.39 is 10.0 Å². The van der Waals surface area contributed by atoms with E-state index in [0.29, 0.717) is 0 Å². The van der Waals surface area contributed by atoms with Crippen molar-refractivity contribution in [2.24, 2.45) is 0 Å². The second-order valence-electron chi connectivity index (χ2n) is 4.10. The molecule has 1 aliphatic heterocycles. The van der Waals surface area contributed by atoms with Crippen LogP contribution in [0.5, 0.6) is 0 Å². The van der Waals surface area contributed by atoms with Crippen LogP contribution in [0.4, 0.5) is 0 Å². The van der Waals surface area contributed by atoms with Gasteiger partial charge in [-0.1, -0.05) is 22.4 Å². The third kappa shape index (κ3) is 5.29. The van der Waals surface area contributed by atoms with Crippen LogP contribution in [-0.2, 0) is 10.0 Å². The summed E-state index contributed by atoms with van der Waals surface area (Å²) in [7, 11) is -3.13. The molecule has 0 aromatic carbocycles. The molecule has 1 heterocycles. The van der Waals surface area contributed by atoms with E-state index in [1.54, 1.807) is 0 Å². The first-order valence-corrected chi connectivity index (χ1v) is 8.09. The largest absolute Gasteiger partial charge is 0.302 e. The van der Waals surface area contributed by atoms with Crippen molar-refractivity contribution in [1.29, 1.82) is 0 Å². The minimum absolute atomic E-state index is 0.00866. The van der Waals surface area contributed by atoms with Gasteiger partial charge in [0.05, 0.1) is 0 Å². The van der Waals surface area contributed by atoms with Crippen LogP contribution < -0.4 is 4.72 Å². The fourth-order valence-electron chi connectivity index (χ4n) is 1.90. The van der Waals surface area contributed by atoms with Crippen LogP contribution >= 0.6 is 15.9 Å². The van der Waals surface area contributed by atoms with Crippen LogP contribution in [0.1, 0.15) is 26.2 Å². The van der Waals surface area contributed by atoms with E-state index in [1.165, 1.54) is 19.3 Å². The van der Waals surface area contributed by atoms with E-state index >= 15 is 0 Å². The van der Waals surface area contributed by atoms with Crippen molar-refractivity contribution in [3.8, 4) is 0 Å². The van der Waals surface area contributed by atoms with Crippen molar-refractivity contribution in [2.45, 2.75) is 32.2 Å². The fraction of sp³-hybridized carbons (Fsp3) is 1.00. The van der Waals surface area contributed by atoms with Gasteiger partial charge in [-0.25, -0.2) is 13.1 Å². The number of sulfonamides is 1. The van der Waals surface area contributed by atoms with Gasteiger partial charge in [-0.3, -0.25) is 0 Å². The third-order valence-electron chi connectivity index (χ3n) is 2.51. The predicted octanol–water partition coefficient (Wildman–Crippen LogP) is 1.13. The van der Waals surface area contributed by atoms with Gasteiger partial charge in [0.1, 0.15) is 4.66 Å². The van der Waals surface area contributed by atoms with Crippen molar-refractivity contribution in [3.63, 3.8) is 0 Å². The summed E-state index contributed by atoms with van der Waals surface area (Å²) < 4.78 is 25.2. The maximum atomic E-state index is 11.3. The fourth-order valence-corrected chi connectivity index (χ4v) is 3.05. The Kier molecular flexibility index (Phi) is 5.52. The molecule has 1 atom stereocenters. The van der Waals surface area contributed by atoms with Crippen LogP contribution in [0.2, 0.25) is 0 Å². The first-order valence-electron chi connectivity index (χ1n) is 5.32. The molecule has 1 N–H and O–H groups in total. The molecule has 6 heteroatoms. The van der Waals surface area contributed by atoms with Gasteiger partial charge >= 0.3 is 0 Å². The summed E-state index contributed by atoms with van der Waals surface area (Å²) in [6, 6.07) is -0.00866. The molecule has 1 fully saturated rings. The lowest BCUT2D eigenvalue weighted by Crippen LogP contribution is -2.43. The van der Waals surface area contributed by atoms with Gasteiger partial charge in [0.2, 0.25) is 10.0 Å². The minimum Gasteiger partial charge on any atom is -0.302 e. The predicted molar refractivity (Wildman–Crippen MR) is 65.6 cm³/mol. The Labute approximate surface area is 101 Å². The van der Waals surface area contributed by atoms with Gasteiger partial charge in [0.25, 0.3) is 0 Å².